The molecule has 4 nitrogen and oxygen atoms in total. The minimum Gasteiger partial charge on any atom is -0.497 e. The maximum absolute atomic E-state index is 5.35. The molecule has 0 saturated heterocycles. The number of halogens is 1. The van der Waals surface area contributed by atoms with E-state index < -0.39 is 0 Å². The SMILES string of the molecule is COc1cccc(-c2nn(-c3cccc(Br)c3)c3c2CCN3)c1. The highest BCUT2D eigenvalue weighted by Crippen LogP contribution is 2.35. The molecule has 1 aromatic heterocycles. The Balaban J connectivity index is 1.88. The van der Waals surface area contributed by atoms with Crippen molar-refractivity contribution in [2.75, 3.05) is 19.0 Å². The molecule has 0 radical (unpaired) electrons. The van der Waals surface area contributed by atoms with E-state index in [9.17, 15) is 0 Å². The molecule has 23 heavy (non-hydrogen) atoms. The predicted molar refractivity (Wildman–Crippen MR) is 95.4 cm³/mol. The minimum absolute atomic E-state index is 0.846. The van der Waals surface area contributed by atoms with E-state index in [2.05, 4.69) is 39.4 Å². The highest BCUT2D eigenvalue weighted by molar-refractivity contribution is 9.10. The summed E-state index contributed by atoms with van der Waals surface area (Å²) in [5.74, 6) is 1.93. The quantitative estimate of drug-likeness (QED) is 0.748. The Kier molecular flexibility index (Phi) is 3.58. The van der Waals surface area contributed by atoms with Gasteiger partial charge in [-0.25, -0.2) is 4.68 Å². The third-order valence-electron chi connectivity index (χ3n) is 4.05. The summed E-state index contributed by atoms with van der Waals surface area (Å²) >= 11 is 3.53. The lowest BCUT2D eigenvalue weighted by molar-refractivity contribution is 0.415. The molecule has 3 aromatic rings. The molecule has 4 rings (SSSR count). The highest BCUT2D eigenvalue weighted by atomic mass is 79.9. The molecule has 2 heterocycles. The van der Waals surface area contributed by atoms with Crippen molar-refractivity contribution >= 4 is 21.7 Å². The Morgan fingerprint density at radius 1 is 1.17 bits per heavy atom. The summed E-state index contributed by atoms with van der Waals surface area (Å²) in [6.07, 6.45) is 0.982. The van der Waals surface area contributed by atoms with Crippen LogP contribution in [0.5, 0.6) is 5.75 Å². The second-order valence-corrected chi connectivity index (χ2v) is 6.39. The average Bonchev–Trinajstić information content (AvgIpc) is 3.17. The van der Waals surface area contributed by atoms with E-state index in [0.29, 0.717) is 0 Å². The summed E-state index contributed by atoms with van der Waals surface area (Å²) in [6, 6.07) is 16.2. The van der Waals surface area contributed by atoms with Crippen LogP contribution >= 0.6 is 15.9 Å². The first-order valence-electron chi connectivity index (χ1n) is 7.52. The van der Waals surface area contributed by atoms with Crippen molar-refractivity contribution in [1.82, 2.24) is 9.78 Å². The molecule has 116 valence electrons. The molecule has 0 bridgehead atoms. The lowest BCUT2D eigenvalue weighted by Gasteiger charge is -2.07. The zero-order valence-electron chi connectivity index (χ0n) is 12.7. The van der Waals surface area contributed by atoms with Gasteiger partial charge in [0.25, 0.3) is 0 Å². The Hall–Kier alpha value is -2.27. The van der Waals surface area contributed by atoms with Gasteiger partial charge in [-0.2, -0.15) is 5.10 Å². The second kappa shape index (κ2) is 5.74. The summed E-state index contributed by atoms with van der Waals surface area (Å²) in [7, 11) is 1.69. The van der Waals surface area contributed by atoms with E-state index in [-0.39, 0.29) is 0 Å². The Bertz CT molecular complexity index is 872. The number of anilines is 1. The maximum atomic E-state index is 5.35. The molecule has 0 saturated carbocycles. The summed E-state index contributed by atoms with van der Waals surface area (Å²) in [5.41, 5.74) is 4.40. The van der Waals surface area contributed by atoms with Gasteiger partial charge in [0, 0.05) is 22.1 Å². The van der Waals surface area contributed by atoms with Crippen LogP contribution in [-0.4, -0.2) is 23.4 Å². The lowest BCUT2D eigenvalue weighted by Crippen LogP contribution is -2.04. The van der Waals surface area contributed by atoms with Crippen LogP contribution in [0, 0.1) is 0 Å². The van der Waals surface area contributed by atoms with Crippen LogP contribution in [0.2, 0.25) is 0 Å². The van der Waals surface area contributed by atoms with Gasteiger partial charge in [-0.1, -0.05) is 34.1 Å². The number of methoxy groups -OCH3 is 1. The van der Waals surface area contributed by atoms with Crippen molar-refractivity contribution in [2.24, 2.45) is 0 Å². The van der Waals surface area contributed by atoms with Crippen LogP contribution < -0.4 is 10.1 Å². The number of benzene rings is 2. The molecule has 0 atom stereocenters. The molecule has 5 heteroatoms. The van der Waals surface area contributed by atoms with Crippen molar-refractivity contribution in [3.63, 3.8) is 0 Å². The molecule has 0 fully saturated rings. The fraction of sp³-hybridized carbons (Fsp3) is 0.167. The van der Waals surface area contributed by atoms with Crippen LogP contribution in [0.3, 0.4) is 0 Å². The van der Waals surface area contributed by atoms with Gasteiger partial charge in [-0.15, -0.1) is 0 Å². The number of hydrogen-bond donors (Lipinski definition) is 1. The second-order valence-electron chi connectivity index (χ2n) is 5.48. The van der Waals surface area contributed by atoms with Crippen molar-refractivity contribution < 1.29 is 4.74 Å². The van der Waals surface area contributed by atoms with Crippen molar-refractivity contribution in [3.8, 4) is 22.7 Å². The molecule has 1 aliphatic rings. The van der Waals surface area contributed by atoms with Gasteiger partial charge in [-0.05, 0) is 36.8 Å². The van der Waals surface area contributed by atoms with E-state index in [0.717, 1.165) is 46.0 Å². The number of rotatable bonds is 3. The molecule has 0 aliphatic carbocycles. The van der Waals surface area contributed by atoms with Crippen molar-refractivity contribution in [3.05, 3.63) is 58.6 Å². The van der Waals surface area contributed by atoms with E-state index in [1.807, 2.05) is 35.0 Å². The number of fused-ring (bicyclic) bond motifs is 1. The first-order chi connectivity index (χ1) is 11.3. The van der Waals surface area contributed by atoms with Gasteiger partial charge in [0.15, 0.2) is 0 Å². The van der Waals surface area contributed by atoms with Crippen molar-refractivity contribution in [2.45, 2.75) is 6.42 Å². The van der Waals surface area contributed by atoms with Gasteiger partial charge in [0.05, 0.1) is 18.5 Å². The van der Waals surface area contributed by atoms with Crippen LogP contribution in [0.25, 0.3) is 16.9 Å². The van der Waals surface area contributed by atoms with Crippen LogP contribution in [0.15, 0.2) is 53.0 Å². The lowest BCUT2D eigenvalue weighted by atomic mass is 10.1. The van der Waals surface area contributed by atoms with Gasteiger partial charge in [0.2, 0.25) is 0 Å². The minimum atomic E-state index is 0.846. The topological polar surface area (TPSA) is 39.1 Å². The maximum Gasteiger partial charge on any atom is 0.133 e. The number of hydrogen-bond acceptors (Lipinski definition) is 3. The Labute approximate surface area is 143 Å². The molecular weight excluding hydrogens is 354 g/mol. The molecular formula is C18H16BrN3O. The van der Waals surface area contributed by atoms with Crippen LogP contribution in [0.4, 0.5) is 5.82 Å². The van der Waals surface area contributed by atoms with Gasteiger partial charge < -0.3 is 10.1 Å². The Morgan fingerprint density at radius 2 is 2.04 bits per heavy atom. The average molecular weight is 370 g/mol. The van der Waals surface area contributed by atoms with Gasteiger partial charge >= 0.3 is 0 Å². The zero-order valence-corrected chi connectivity index (χ0v) is 14.3. The number of aromatic nitrogens is 2. The van der Waals surface area contributed by atoms with Gasteiger partial charge in [0.1, 0.15) is 11.6 Å². The largest absolute Gasteiger partial charge is 0.497 e. The third-order valence-corrected chi connectivity index (χ3v) is 4.54. The molecule has 1 aliphatic heterocycles. The number of nitrogens with one attached hydrogen (secondary N) is 1. The number of nitrogens with zero attached hydrogens (tertiary/aromatic N) is 2. The first-order valence-corrected chi connectivity index (χ1v) is 8.32. The highest BCUT2D eigenvalue weighted by Gasteiger charge is 2.24. The van der Waals surface area contributed by atoms with Gasteiger partial charge in [-0.3, -0.25) is 0 Å². The van der Waals surface area contributed by atoms with E-state index >= 15 is 0 Å². The zero-order chi connectivity index (χ0) is 15.8. The fourth-order valence-corrected chi connectivity index (χ4v) is 3.36. The fourth-order valence-electron chi connectivity index (χ4n) is 2.97. The smallest absolute Gasteiger partial charge is 0.133 e. The summed E-state index contributed by atoms with van der Waals surface area (Å²) in [6.45, 7) is 0.943. The van der Waals surface area contributed by atoms with Crippen LogP contribution in [-0.2, 0) is 6.42 Å². The molecule has 0 unspecified atom stereocenters. The van der Waals surface area contributed by atoms with E-state index in [1.54, 1.807) is 7.11 Å². The summed E-state index contributed by atoms with van der Waals surface area (Å²) < 4.78 is 8.38. The standard InChI is InChI=1S/C18H16BrN3O/c1-23-15-7-2-4-12(10-15)17-16-8-9-20-18(16)22(21-17)14-6-3-5-13(19)11-14/h2-7,10-11,20H,8-9H2,1H3. The normalized spacial score (nSPS) is 12.8. The van der Waals surface area contributed by atoms with Crippen LogP contribution in [0.1, 0.15) is 5.56 Å². The molecule has 1 N–H and O–H groups in total. The molecule has 0 spiro atoms. The van der Waals surface area contributed by atoms with E-state index in [1.165, 1.54) is 5.56 Å². The predicted octanol–water partition coefficient (Wildman–Crippen LogP) is 4.28. The summed E-state index contributed by atoms with van der Waals surface area (Å²) in [5, 5.41) is 8.33. The molecule has 0 amide bonds. The van der Waals surface area contributed by atoms with Crippen molar-refractivity contribution in [1.29, 1.82) is 0 Å². The first kappa shape index (κ1) is 14.3. The Morgan fingerprint density at radius 3 is 2.87 bits per heavy atom. The third kappa shape index (κ3) is 2.51. The number of ether oxygens (including phenoxy) is 1. The summed E-state index contributed by atoms with van der Waals surface area (Å²) in [4.78, 5) is 0. The monoisotopic (exact) mass is 369 g/mol. The van der Waals surface area contributed by atoms with E-state index in [4.69, 9.17) is 9.84 Å². The molecule has 2 aromatic carbocycles.